The van der Waals surface area contributed by atoms with Gasteiger partial charge in [-0.2, -0.15) is 0 Å². The lowest BCUT2D eigenvalue weighted by Crippen LogP contribution is -2.39. The van der Waals surface area contributed by atoms with E-state index in [0.717, 1.165) is 68.4 Å². The van der Waals surface area contributed by atoms with Crippen LogP contribution in [0.4, 0.5) is 5.82 Å². The van der Waals surface area contributed by atoms with Crippen LogP contribution in [-0.4, -0.2) is 54.3 Å². The Morgan fingerprint density at radius 2 is 2.09 bits per heavy atom. The molecule has 5 nitrogen and oxygen atoms in total. The topological polar surface area (TPSA) is 50.3 Å². The number of hydrogen-bond donors (Lipinski definition) is 1. The van der Waals surface area contributed by atoms with Gasteiger partial charge < -0.3 is 10.1 Å². The van der Waals surface area contributed by atoms with Gasteiger partial charge in [-0.1, -0.05) is 18.5 Å². The zero-order valence-corrected chi connectivity index (χ0v) is 13.6. The van der Waals surface area contributed by atoms with E-state index in [1.165, 1.54) is 0 Å². The minimum atomic E-state index is 0.701. The maximum absolute atomic E-state index is 6.07. The van der Waals surface area contributed by atoms with E-state index < -0.39 is 0 Å². The van der Waals surface area contributed by atoms with Gasteiger partial charge >= 0.3 is 0 Å². The third-order valence-corrected chi connectivity index (χ3v) is 4.08. The van der Waals surface area contributed by atoms with E-state index in [4.69, 9.17) is 16.3 Å². The number of rotatable bonds is 5. The van der Waals surface area contributed by atoms with Crippen molar-refractivity contribution in [1.82, 2.24) is 14.9 Å². The summed E-state index contributed by atoms with van der Waals surface area (Å²) in [6, 6.07) is 5.76. The molecule has 0 spiro atoms. The van der Waals surface area contributed by atoms with E-state index in [0.29, 0.717) is 5.02 Å². The van der Waals surface area contributed by atoms with Crippen LogP contribution in [0.25, 0.3) is 10.9 Å². The minimum absolute atomic E-state index is 0.701. The number of morpholine rings is 1. The van der Waals surface area contributed by atoms with Crippen molar-refractivity contribution in [2.24, 2.45) is 0 Å². The van der Waals surface area contributed by atoms with Crippen LogP contribution in [0.3, 0.4) is 0 Å². The Balaban J connectivity index is 1.74. The summed E-state index contributed by atoms with van der Waals surface area (Å²) in [4.78, 5) is 11.6. The number of ether oxygens (including phenoxy) is 1. The normalized spacial score (nSPS) is 16.1. The average molecular weight is 321 g/mol. The van der Waals surface area contributed by atoms with Crippen LogP contribution in [0, 0.1) is 0 Å². The van der Waals surface area contributed by atoms with Crippen molar-refractivity contribution in [1.29, 1.82) is 0 Å². The molecule has 1 aliphatic rings. The summed E-state index contributed by atoms with van der Waals surface area (Å²) in [5.41, 5.74) is 0.897. The molecular weight excluding hydrogens is 300 g/mol. The summed E-state index contributed by atoms with van der Waals surface area (Å²) in [6.07, 6.45) is 0.806. The molecule has 2 heterocycles. The van der Waals surface area contributed by atoms with Gasteiger partial charge in [-0.15, -0.1) is 0 Å². The Hall–Kier alpha value is -1.43. The van der Waals surface area contributed by atoms with Gasteiger partial charge in [-0.3, -0.25) is 4.90 Å². The first kappa shape index (κ1) is 15.5. The number of hydrogen-bond acceptors (Lipinski definition) is 5. The van der Waals surface area contributed by atoms with Crippen molar-refractivity contribution in [3.05, 3.63) is 29.0 Å². The summed E-state index contributed by atoms with van der Waals surface area (Å²) in [7, 11) is 0. The molecule has 0 radical (unpaired) electrons. The fourth-order valence-corrected chi connectivity index (χ4v) is 2.77. The van der Waals surface area contributed by atoms with Gasteiger partial charge in [0.15, 0.2) is 0 Å². The monoisotopic (exact) mass is 320 g/mol. The van der Waals surface area contributed by atoms with Crippen molar-refractivity contribution in [3.8, 4) is 0 Å². The minimum Gasteiger partial charge on any atom is -0.379 e. The second kappa shape index (κ2) is 7.22. The maximum atomic E-state index is 6.07. The molecule has 1 aromatic carbocycles. The lowest BCUT2D eigenvalue weighted by Gasteiger charge is -2.26. The molecule has 0 amide bonds. The van der Waals surface area contributed by atoms with E-state index in [1.807, 2.05) is 18.2 Å². The fraction of sp³-hybridized carbons (Fsp3) is 0.500. The molecular formula is C16H21ClN4O. The zero-order valence-electron chi connectivity index (χ0n) is 12.8. The third kappa shape index (κ3) is 3.66. The first-order valence-electron chi connectivity index (χ1n) is 7.76. The molecule has 1 aliphatic heterocycles. The molecule has 1 N–H and O–H groups in total. The highest BCUT2D eigenvalue weighted by Crippen LogP contribution is 2.23. The molecule has 1 saturated heterocycles. The first-order chi connectivity index (χ1) is 10.8. The largest absolute Gasteiger partial charge is 0.379 e. The third-order valence-electron chi connectivity index (χ3n) is 3.85. The summed E-state index contributed by atoms with van der Waals surface area (Å²) < 4.78 is 5.37. The van der Waals surface area contributed by atoms with Gasteiger partial charge in [0.25, 0.3) is 0 Å². The second-order valence-corrected chi connectivity index (χ2v) is 5.82. The number of nitrogens with zero attached hydrogens (tertiary/aromatic N) is 3. The Morgan fingerprint density at radius 3 is 2.86 bits per heavy atom. The standard InChI is InChI=1S/C16H21ClN4O/c1-2-15-19-14-11-12(17)3-4-13(14)16(20-15)18-5-6-21-7-9-22-10-8-21/h3-4,11H,2,5-10H2,1H3,(H,18,19,20). The Labute approximate surface area is 135 Å². The highest BCUT2D eigenvalue weighted by Gasteiger charge is 2.11. The van der Waals surface area contributed by atoms with Crippen LogP contribution in [0.5, 0.6) is 0 Å². The van der Waals surface area contributed by atoms with E-state index in [2.05, 4.69) is 27.1 Å². The van der Waals surface area contributed by atoms with Gasteiger partial charge in [0.05, 0.1) is 18.7 Å². The number of nitrogens with one attached hydrogen (secondary N) is 1. The Morgan fingerprint density at radius 1 is 1.27 bits per heavy atom. The van der Waals surface area contributed by atoms with Gasteiger partial charge in [0.2, 0.25) is 0 Å². The number of anilines is 1. The van der Waals surface area contributed by atoms with Crippen LogP contribution in [-0.2, 0) is 11.2 Å². The molecule has 118 valence electrons. The van der Waals surface area contributed by atoms with Crippen LogP contribution in [0.15, 0.2) is 18.2 Å². The van der Waals surface area contributed by atoms with E-state index >= 15 is 0 Å². The summed E-state index contributed by atoms with van der Waals surface area (Å²) in [6.45, 7) is 7.57. The lowest BCUT2D eigenvalue weighted by molar-refractivity contribution is 0.0398. The molecule has 22 heavy (non-hydrogen) atoms. The fourth-order valence-electron chi connectivity index (χ4n) is 2.60. The van der Waals surface area contributed by atoms with Gasteiger partial charge in [0, 0.05) is 43.0 Å². The molecule has 1 aromatic heterocycles. The van der Waals surface area contributed by atoms with Crippen LogP contribution >= 0.6 is 11.6 Å². The summed E-state index contributed by atoms with van der Waals surface area (Å²) in [5.74, 6) is 1.73. The highest BCUT2D eigenvalue weighted by atomic mass is 35.5. The van der Waals surface area contributed by atoms with Crippen LogP contribution in [0.1, 0.15) is 12.7 Å². The number of aryl methyl sites for hydroxylation is 1. The number of aromatic nitrogens is 2. The molecule has 0 aliphatic carbocycles. The summed E-state index contributed by atoms with van der Waals surface area (Å²) >= 11 is 6.07. The number of fused-ring (bicyclic) bond motifs is 1. The molecule has 3 rings (SSSR count). The number of benzene rings is 1. The Bertz CT molecular complexity index is 643. The van der Waals surface area contributed by atoms with Gasteiger partial charge in [-0.05, 0) is 18.2 Å². The van der Waals surface area contributed by atoms with E-state index in [9.17, 15) is 0 Å². The highest BCUT2D eigenvalue weighted by molar-refractivity contribution is 6.31. The van der Waals surface area contributed by atoms with Crippen LogP contribution < -0.4 is 5.32 Å². The van der Waals surface area contributed by atoms with Crippen molar-refractivity contribution in [2.45, 2.75) is 13.3 Å². The van der Waals surface area contributed by atoms with Crippen molar-refractivity contribution in [2.75, 3.05) is 44.7 Å². The molecule has 0 bridgehead atoms. The van der Waals surface area contributed by atoms with E-state index in [1.54, 1.807) is 0 Å². The first-order valence-corrected chi connectivity index (χ1v) is 8.14. The molecule has 1 fully saturated rings. The van der Waals surface area contributed by atoms with Crippen molar-refractivity contribution >= 4 is 28.3 Å². The predicted molar refractivity (Wildman–Crippen MR) is 89.7 cm³/mol. The molecule has 2 aromatic rings. The summed E-state index contributed by atoms with van der Waals surface area (Å²) in [5, 5.41) is 5.17. The predicted octanol–water partition coefficient (Wildman–Crippen LogP) is 2.59. The average Bonchev–Trinajstić information content (AvgIpc) is 2.55. The quantitative estimate of drug-likeness (QED) is 0.917. The Kier molecular flexibility index (Phi) is 5.08. The molecule has 0 unspecified atom stereocenters. The van der Waals surface area contributed by atoms with Gasteiger partial charge in [-0.25, -0.2) is 9.97 Å². The zero-order chi connectivity index (χ0) is 15.4. The van der Waals surface area contributed by atoms with Gasteiger partial charge in [0.1, 0.15) is 11.6 Å². The van der Waals surface area contributed by atoms with E-state index in [-0.39, 0.29) is 0 Å². The van der Waals surface area contributed by atoms with Crippen molar-refractivity contribution < 1.29 is 4.74 Å². The second-order valence-electron chi connectivity index (χ2n) is 5.38. The molecule has 0 atom stereocenters. The lowest BCUT2D eigenvalue weighted by atomic mass is 10.2. The molecule has 0 saturated carbocycles. The van der Waals surface area contributed by atoms with Crippen molar-refractivity contribution in [3.63, 3.8) is 0 Å². The SMILES string of the molecule is CCc1nc(NCCN2CCOCC2)c2ccc(Cl)cc2n1. The smallest absolute Gasteiger partial charge is 0.137 e. The maximum Gasteiger partial charge on any atom is 0.137 e. The van der Waals surface area contributed by atoms with Crippen LogP contribution in [0.2, 0.25) is 5.02 Å². The number of halogens is 1. The molecule has 6 heteroatoms.